The zero-order valence-corrected chi connectivity index (χ0v) is 12.0. The van der Waals surface area contributed by atoms with Gasteiger partial charge in [-0.1, -0.05) is 20.8 Å². The van der Waals surface area contributed by atoms with Crippen LogP contribution in [0.3, 0.4) is 0 Å². The summed E-state index contributed by atoms with van der Waals surface area (Å²) in [6.45, 7) is 8.66. The Morgan fingerprint density at radius 3 is 2.44 bits per heavy atom. The van der Waals surface area contributed by atoms with Gasteiger partial charge in [0.1, 0.15) is 11.5 Å². The number of aromatic hydroxyl groups is 1. The molecule has 1 rings (SSSR count). The Hall–Kier alpha value is -1.22. The van der Waals surface area contributed by atoms with Gasteiger partial charge < -0.3 is 15.2 Å². The van der Waals surface area contributed by atoms with Gasteiger partial charge in [-0.15, -0.1) is 0 Å². The van der Waals surface area contributed by atoms with Crippen molar-refractivity contribution in [3.8, 4) is 11.5 Å². The molecular weight excluding hydrogens is 226 g/mol. The van der Waals surface area contributed by atoms with E-state index >= 15 is 0 Å². The highest BCUT2D eigenvalue weighted by Gasteiger charge is 2.17. The summed E-state index contributed by atoms with van der Waals surface area (Å²) in [7, 11) is 1.64. The number of methoxy groups -OCH3 is 1. The summed E-state index contributed by atoms with van der Waals surface area (Å²) in [6.07, 6.45) is 1.08. The smallest absolute Gasteiger partial charge is 0.120 e. The van der Waals surface area contributed by atoms with Crippen molar-refractivity contribution in [3.05, 3.63) is 23.8 Å². The van der Waals surface area contributed by atoms with Crippen LogP contribution in [0.15, 0.2) is 18.2 Å². The fraction of sp³-hybridized carbons (Fsp3) is 0.600. The maximum Gasteiger partial charge on any atom is 0.120 e. The molecular formula is C15H25NO2. The Morgan fingerprint density at radius 1 is 1.28 bits per heavy atom. The summed E-state index contributed by atoms with van der Waals surface area (Å²) in [5.41, 5.74) is 0.883. The number of nitrogens with one attached hydrogen (secondary N) is 1. The number of rotatable bonds is 6. The third-order valence-corrected chi connectivity index (χ3v) is 3.41. The number of phenols is 1. The van der Waals surface area contributed by atoms with Crippen LogP contribution in [0.4, 0.5) is 0 Å². The average Bonchev–Trinajstić information content (AvgIpc) is 2.35. The highest BCUT2D eigenvalue weighted by atomic mass is 16.5. The van der Waals surface area contributed by atoms with E-state index < -0.39 is 0 Å². The van der Waals surface area contributed by atoms with Gasteiger partial charge in [-0.05, 0) is 37.5 Å². The van der Waals surface area contributed by atoms with Crippen molar-refractivity contribution >= 4 is 0 Å². The van der Waals surface area contributed by atoms with E-state index in [2.05, 4.69) is 33.0 Å². The van der Waals surface area contributed by atoms with Crippen LogP contribution in [-0.4, -0.2) is 18.3 Å². The van der Waals surface area contributed by atoms with Crippen LogP contribution < -0.4 is 10.1 Å². The molecule has 3 heteroatoms. The summed E-state index contributed by atoms with van der Waals surface area (Å²) in [4.78, 5) is 0. The van der Waals surface area contributed by atoms with Crippen molar-refractivity contribution in [2.75, 3.05) is 7.11 Å². The molecule has 0 aromatic heterocycles. The second kappa shape index (κ2) is 6.64. The molecule has 1 aromatic rings. The molecule has 0 heterocycles. The lowest BCUT2D eigenvalue weighted by atomic mass is 9.98. The summed E-state index contributed by atoms with van der Waals surface area (Å²) in [6, 6.07) is 5.90. The van der Waals surface area contributed by atoms with E-state index in [0.717, 1.165) is 17.7 Å². The van der Waals surface area contributed by atoms with Crippen LogP contribution in [0.25, 0.3) is 0 Å². The lowest BCUT2D eigenvalue weighted by Gasteiger charge is -2.26. The second-order valence-electron chi connectivity index (χ2n) is 5.07. The first kappa shape index (κ1) is 14.8. The van der Waals surface area contributed by atoms with Gasteiger partial charge in [-0.3, -0.25) is 0 Å². The SMILES string of the molecule is CCC(NC(C)c1cc(OC)ccc1O)C(C)C. The molecule has 0 amide bonds. The normalized spacial score (nSPS) is 14.6. The fourth-order valence-corrected chi connectivity index (χ4v) is 2.20. The van der Waals surface area contributed by atoms with E-state index in [1.807, 2.05) is 6.07 Å². The molecule has 0 radical (unpaired) electrons. The van der Waals surface area contributed by atoms with Gasteiger partial charge in [0.05, 0.1) is 7.11 Å². The molecule has 0 aliphatic carbocycles. The summed E-state index contributed by atoms with van der Waals surface area (Å²) in [5.74, 6) is 1.66. The van der Waals surface area contributed by atoms with Gasteiger partial charge >= 0.3 is 0 Å². The molecule has 0 fully saturated rings. The lowest BCUT2D eigenvalue weighted by Crippen LogP contribution is -2.35. The number of ether oxygens (including phenoxy) is 1. The average molecular weight is 251 g/mol. The molecule has 3 nitrogen and oxygen atoms in total. The second-order valence-corrected chi connectivity index (χ2v) is 5.07. The highest BCUT2D eigenvalue weighted by Crippen LogP contribution is 2.29. The maximum absolute atomic E-state index is 9.93. The molecule has 0 bridgehead atoms. The third-order valence-electron chi connectivity index (χ3n) is 3.41. The zero-order chi connectivity index (χ0) is 13.7. The zero-order valence-electron chi connectivity index (χ0n) is 12.0. The van der Waals surface area contributed by atoms with Crippen LogP contribution in [0.1, 0.15) is 45.7 Å². The number of benzene rings is 1. The van der Waals surface area contributed by atoms with Gasteiger partial charge in [0.2, 0.25) is 0 Å². The molecule has 0 spiro atoms. The van der Waals surface area contributed by atoms with Crippen LogP contribution in [0.5, 0.6) is 11.5 Å². The van der Waals surface area contributed by atoms with Gasteiger partial charge in [0, 0.05) is 17.6 Å². The van der Waals surface area contributed by atoms with Crippen molar-refractivity contribution in [1.29, 1.82) is 0 Å². The summed E-state index contributed by atoms with van der Waals surface area (Å²) in [5, 5.41) is 13.5. The van der Waals surface area contributed by atoms with E-state index in [9.17, 15) is 5.11 Å². The molecule has 18 heavy (non-hydrogen) atoms. The van der Waals surface area contributed by atoms with E-state index in [0.29, 0.717) is 17.7 Å². The minimum Gasteiger partial charge on any atom is -0.508 e. The molecule has 0 saturated carbocycles. The van der Waals surface area contributed by atoms with Gasteiger partial charge in [-0.25, -0.2) is 0 Å². The molecule has 1 aromatic carbocycles. The first-order valence-electron chi connectivity index (χ1n) is 6.62. The third kappa shape index (κ3) is 3.64. The molecule has 2 unspecified atom stereocenters. The molecule has 2 N–H and O–H groups in total. The van der Waals surface area contributed by atoms with Crippen molar-refractivity contribution in [2.45, 2.75) is 46.2 Å². The molecule has 0 aliphatic heterocycles. The Bertz CT molecular complexity index is 377. The summed E-state index contributed by atoms with van der Waals surface area (Å²) < 4.78 is 5.20. The van der Waals surface area contributed by atoms with Crippen molar-refractivity contribution in [3.63, 3.8) is 0 Å². The van der Waals surface area contributed by atoms with Crippen molar-refractivity contribution < 1.29 is 9.84 Å². The van der Waals surface area contributed by atoms with E-state index in [1.54, 1.807) is 19.2 Å². The van der Waals surface area contributed by atoms with E-state index in [1.165, 1.54) is 0 Å². The van der Waals surface area contributed by atoms with Gasteiger partial charge in [0.25, 0.3) is 0 Å². The number of hydrogen-bond donors (Lipinski definition) is 2. The Labute approximate surface area is 110 Å². The monoisotopic (exact) mass is 251 g/mol. The topological polar surface area (TPSA) is 41.5 Å². The first-order valence-corrected chi connectivity index (χ1v) is 6.62. The lowest BCUT2D eigenvalue weighted by molar-refractivity contribution is 0.348. The largest absolute Gasteiger partial charge is 0.508 e. The maximum atomic E-state index is 9.93. The minimum absolute atomic E-state index is 0.104. The summed E-state index contributed by atoms with van der Waals surface area (Å²) >= 11 is 0. The van der Waals surface area contributed by atoms with Crippen LogP contribution in [0, 0.1) is 5.92 Å². The van der Waals surface area contributed by atoms with Crippen LogP contribution in [0.2, 0.25) is 0 Å². The Kier molecular flexibility index (Phi) is 5.48. The van der Waals surface area contributed by atoms with Crippen molar-refractivity contribution in [1.82, 2.24) is 5.32 Å². The van der Waals surface area contributed by atoms with E-state index in [4.69, 9.17) is 4.74 Å². The van der Waals surface area contributed by atoms with Gasteiger partial charge in [0.15, 0.2) is 0 Å². The predicted molar refractivity (Wildman–Crippen MR) is 75.1 cm³/mol. The minimum atomic E-state index is 0.104. The Balaban J connectivity index is 2.85. The number of phenolic OH excluding ortho intramolecular Hbond substituents is 1. The van der Waals surface area contributed by atoms with Crippen LogP contribution in [-0.2, 0) is 0 Å². The number of hydrogen-bond acceptors (Lipinski definition) is 3. The Morgan fingerprint density at radius 2 is 1.94 bits per heavy atom. The van der Waals surface area contributed by atoms with E-state index in [-0.39, 0.29) is 6.04 Å². The predicted octanol–water partition coefficient (Wildman–Crippen LogP) is 3.49. The molecule has 102 valence electrons. The fourth-order valence-electron chi connectivity index (χ4n) is 2.20. The molecule has 2 atom stereocenters. The quantitative estimate of drug-likeness (QED) is 0.813. The highest BCUT2D eigenvalue weighted by molar-refractivity contribution is 5.41. The van der Waals surface area contributed by atoms with Crippen molar-refractivity contribution in [2.24, 2.45) is 5.92 Å². The molecule has 0 aliphatic rings. The standard InChI is InChI=1S/C15H25NO2/c1-6-14(10(2)3)16-11(4)13-9-12(18-5)7-8-15(13)17/h7-11,14,16-17H,6H2,1-5H3. The van der Waals surface area contributed by atoms with Gasteiger partial charge in [-0.2, -0.15) is 0 Å². The first-order chi connectivity index (χ1) is 8.49. The molecule has 0 saturated heterocycles. The van der Waals surface area contributed by atoms with Crippen LogP contribution >= 0.6 is 0 Å².